The molecule has 3 unspecified atom stereocenters. The van der Waals surface area contributed by atoms with Gasteiger partial charge in [0.2, 0.25) is 5.91 Å². The highest BCUT2D eigenvalue weighted by Gasteiger charge is 2.26. The highest BCUT2D eigenvalue weighted by atomic mass is 16.3. The topological polar surface area (TPSA) is 89.8 Å². The van der Waals surface area contributed by atoms with E-state index < -0.39 is 18.2 Å². The van der Waals surface area contributed by atoms with Crippen LogP contribution in [0.3, 0.4) is 0 Å². The Labute approximate surface area is 230 Å². The lowest BCUT2D eigenvalue weighted by molar-refractivity contribution is -0.124. The fourth-order valence-corrected chi connectivity index (χ4v) is 5.10. The molecule has 0 rings (SSSR count). The summed E-state index contributed by atoms with van der Waals surface area (Å²) in [7, 11) is 0. The zero-order valence-electron chi connectivity index (χ0n) is 24.9. The van der Waals surface area contributed by atoms with Gasteiger partial charge in [0.25, 0.3) is 0 Å². The Morgan fingerprint density at radius 1 is 0.568 bits per heavy atom. The molecule has 0 aliphatic heterocycles. The Bertz CT molecular complexity index is 474. The van der Waals surface area contributed by atoms with Crippen molar-refractivity contribution in [1.82, 2.24) is 5.32 Å². The van der Waals surface area contributed by atoms with Gasteiger partial charge in [-0.3, -0.25) is 4.79 Å². The zero-order chi connectivity index (χ0) is 27.4. The van der Waals surface area contributed by atoms with Crippen molar-refractivity contribution in [3.63, 3.8) is 0 Å². The van der Waals surface area contributed by atoms with Crippen molar-refractivity contribution in [1.29, 1.82) is 0 Å². The number of hydrogen-bond donors (Lipinski definition) is 4. The van der Waals surface area contributed by atoms with E-state index >= 15 is 0 Å². The molecule has 0 saturated carbocycles. The van der Waals surface area contributed by atoms with Crippen LogP contribution in [0.2, 0.25) is 0 Å². The van der Waals surface area contributed by atoms with Crippen molar-refractivity contribution in [2.45, 2.75) is 193 Å². The van der Waals surface area contributed by atoms with E-state index in [1.807, 2.05) is 0 Å². The molecule has 0 heterocycles. The van der Waals surface area contributed by atoms with Crippen LogP contribution in [-0.2, 0) is 4.79 Å². The monoisotopic (exact) mass is 527 g/mol. The first kappa shape index (κ1) is 36.4. The normalized spacial score (nSPS) is 14.0. The molecule has 222 valence electrons. The maximum absolute atomic E-state index is 12.3. The van der Waals surface area contributed by atoms with Gasteiger partial charge in [0.15, 0.2) is 0 Å². The Morgan fingerprint density at radius 2 is 0.919 bits per heavy atom. The van der Waals surface area contributed by atoms with Gasteiger partial charge < -0.3 is 20.6 Å². The summed E-state index contributed by atoms with van der Waals surface area (Å²) in [5.74, 6) is -0.146. The van der Waals surface area contributed by atoms with E-state index in [0.29, 0.717) is 12.8 Å². The smallest absolute Gasteiger partial charge is 0.220 e. The maximum Gasteiger partial charge on any atom is 0.220 e. The van der Waals surface area contributed by atoms with Crippen molar-refractivity contribution < 1.29 is 20.1 Å². The lowest BCUT2D eigenvalue weighted by Gasteiger charge is -2.26. The van der Waals surface area contributed by atoms with Gasteiger partial charge in [-0.05, 0) is 12.8 Å². The molecule has 0 aliphatic carbocycles. The minimum absolute atomic E-state index is 0.146. The lowest BCUT2D eigenvalue weighted by atomic mass is 9.99. The molecule has 0 aromatic rings. The van der Waals surface area contributed by atoms with Crippen LogP contribution in [0.25, 0.3) is 0 Å². The summed E-state index contributed by atoms with van der Waals surface area (Å²) in [5.41, 5.74) is 0. The third kappa shape index (κ3) is 24.1. The summed E-state index contributed by atoms with van der Waals surface area (Å²) in [4.78, 5) is 12.3. The second kappa shape index (κ2) is 28.4. The average molecular weight is 528 g/mol. The van der Waals surface area contributed by atoms with Crippen molar-refractivity contribution in [3.8, 4) is 0 Å². The minimum atomic E-state index is -1.13. The van der Waals surface area contributed by atoms with Gasteiger partial charge in [-0.25, -0.2) is 0 Å². The standard InChI is InChI=1S/C32H65NO4/c1-3-5-7-9-11-13-14-15-16-17-18-19-21-23-25-27-31(36)33-29(28-34)32(37)30(35)26-24-22-20-12-10-8-6-4-2/h29-30,32,34-35,37H,3-28H2,1-2H3,(H,33,36). The number of carbonyl (C=O) groups is 1. The van der Waals surface area contributed by atoms with Crippen LogP contribution in [-0.4, -0.2) is 46.1 Å². The van der Waals surface area contributed by atoms with E-state index in [9.17, 15) is 20.1 Å². The first-order valence-electron chi connectivity index (χ1n) is 16.3. The molecule has 3 atom stereocenters. The van der Waals surface area contributed by atoms with Gasteiger partial charge in [0, 0.05) is 6.42 Å². The van der Waals surface area contributed by atoms with Gasteiger partial charge >= 0.3 is 0 Å². The van der Waals surface area contributed by atoms with E-state index in [2.05, 4.69) is 19.2 Å². The predicted octanol–water partition coefficient (Wildman–Crippen LogP) is 7.98. The van der Waals surface area contributed by atoms with Crippen LogP contribution in [0, 0.1) is 0 Å². The van der Waals surface area contributed by atoms with Gasteiger partial charge in [0.05, 0.1) is 18.8 Å². The molecule has 0 saturated heterocycles. The molecule has 0 aromatic carbocycles. The van der Waals surface area contributed by atoms with Gasteiger partial charge in [0.1, 0.15) is 6.10 Å². The molecule has 0 aliphatic rings. The predicted molar refractivity (Wildman–Crippen MR) is 158 cm³/mol. The largest absolute Gasteiger partial charge is 0.394 e. The summed E-state index contributed by atoms with van der Waals surface area (Å²) in [5, 5.41) is 33.1. The van der Waals surface area contributed by atoms with Crippen LogP contribution in [0.1, 0.15) is 174 Å². The molecule has 0 aromatic heterocycles. The fourth-order valence-electron chi connectivity index (χ4n) is 5.10. The molecule has 0 fully saturated rings. The fraction of sp³-hybridized carbons (Fsp3) is 0.969. The number of rotatable bonds is 29. The Hall–Kier alpha value is -0.650. The van der Waals surface area contributed by atoms with Crippen molar-refractivity contribution in [3.05, 3.63) is 0 Å². The summed E-state index contributed by atoms with van der Waals surface area (Å²) in [6.45, 7) is 4.12. The van der Waals surface area contributed by atoms with E-state index in [-0.39, 0.29) is 12.5 Å². The van der Waals surface area contributed by atoms with Crippen LogP contribution < -0.4 is 5.32 Å². The number of aliphatic hydroxyl groups is 3. The molecule has 0 radical (unpaired) electrons. The summed E-state index contributed by atoms with van der Waals surface area (Å²) in [6, 6.07) is -0.798. The van der Waals surface area contributed by atoms with Crippen molar-refractivity contribution in [2.24, 2.45) is 0 Å². The summed E-state index contributed by atoms with van der Waals surface area (Å²) >= 11 is 0. The van der Waals surface area contributed by atoms with E-state index in [1.165, 1.54) is 109 Å². The second-order valence-corrected chi connectivity index (χ2v) is 11.4. The highest BCUT2D eigenvalue weighted by molar-refractivity contribution is 5.76. The molecule has 37 heavy (non-hydrogen) atoms. The Morgan fingerprint density at radius 3 is 1.30 bits per heavy atom. The van der Waals surface area contributed by atoms with Gasteiger partial charge in [-0.15, -0.1) is 0 Å². The lowest BCUT2D eigenvalue weighted by Crippen LogP contribution is -2.50. The van der Waals surface area contributed by atoms with Gasteiger partial charge in [-0.1, -0.05) is 155 Å². The van der Waals surface area contributed by atoms with E-state index in [0.717, 1.165) is 38.5 Å². The number of nitrogens with one attached hydrogen (secondary N) is 1. The quantitative estimate of drug-likeness (QED) is 0.0742. The Balaban J connectivity index is 3.67. The SMILES string of the molecule is CCCCCCCCCCCCCCCCCC(=O)NC(CO)C(O)C(O)CCCCCCCCCC. The highest BCUT2D eigenvalue weighted by Crippen LogP contribution is 2.15. The number of carbonyl (C=O) groups excluding carboxylic acids is 1. The average Bonchev–Trinajstić information content (AvgIpc) is 2.90. The number of unbranched alkanes of at least 4 members (excludes halogenated alkanes) is 21. The summed E-state index contributed by atoms with van der Waals surface area (Å²) in [6.07, 6.45) is 27.7. The Kier molecular flexibility index (Phi) is 27.9. The first-order valence-corrected chi connectivity index (χ1v) is 16.3. The number of aliphatic hydroxyl groups excluding tert-OH is 3. The molecule has 5 heteroatoms. The second-order valence-electron chi connectivity index (χ2n) is 11.4. The van der Waals surface area contributed by atoms with E-state index in [1.54, 1.807) is 0 Å². The summed E-state index contributed by atoms with van der Waals surface area (Å²) < 4.78 is 0. The van der Waals surface area contributed by atoms with Crippen LogP contribution in [0.4, 0.5) is 0 Å². The van der Waals surface area contributed by atoms with E-state index in [4.69, 9.17) is 0 Å². The third-order valence-corrected chi connectivity index (χ3v) is 7.71. The molecule has 0 bridgehead atoms. The van der Waals surface area contributed by atoms with Gasteiger partial charge in [-0.2, -0.15) is 0 Å². The first-order chi connectivity index (χ1) is 18.1. The van der Waals surface area contributed by atoms with Crippen molar-refractivity contribution in [2.75, 3.05) is 6.61 Å². The molecule has 5 nitrogen and oxygen atoms in total. The number of hydrogen-bond acceptors (Lipinski definition) is 4. The maximum atomic E-state index is 12.3. The number of amides is 1. The zero-order valence-corrected chi connectivity index (χ0v) is 24.9. The van der Waals surface area contributed by atoms with Crippen LogP contribution in [0.5, 0.6) is 0 Å². The molecule has 4 N–H and O–H groups in total. The minimum Gasteiger partial charge on any atom is -0.394 e. The molecule has 0 spiro atoms. The molecular formula is C32H65NO4. The molecule has 1 amide bonds. The third-order valence-electron chi connectivity index (χ3n) is 7.71. The molecular weight excluding hydrogens is 462 g/mol. The van der Waals surface area contributed by atoms with Crippen LogP contribution in [0.15, 0.2) is 0 Å². The van der Waals surface area contributed by atoms with Crippen molar-refractivity contribution >= 4 is 5.91 Å². The van der Waals surface area contributed by atoms with Crippen LogP contribution >= 0.6 is 0 Å².